The lowest BCUT2D eigenvalue weighted by Crippen LogP contribution is -2.25. The number of hydrogen-bond acceptors (Lipinski definition) is 1. The van der Waals surface area contributed by atoms with Crippen molar-refractivity contribution in [3.8, 4) is 56.0 Å². The normalized spacial score (nSPS) is 16.1. The summed E-state index contributed by atoms with van der Waals surface area (Å²) in [5.41, 5.74) is 15.2. The molecule has 1 unspecified atom stereocenters. The molecule has 1 heterocycles. The predicted molar refractivity (Wildman–Crippen MR) is 189 cm³/mol. The van der Waals surface area contributed by atoms with Crippen molar-refractivity contribution in [3.63, 3.8) is 0 Å². The van der Waals surface area contributed by atoms with Gasteiger partial charge in [-0.2, -0.15) is 0 Å². The van der Waals surface area contributed by atoms with Gasteiger partial charge in [0, 0.05) is 10.9 Å². The van der Waals surface area contributed by atoms with Crippen molar-refractivity contribution < 1.29 is 4.74 Å². The molecule has 0 saturated carbocycles. The molecule has 0 fully saturated rings. The molecule has 212 valence electrons. The van der Waals surface area contributed by atoms with E-state index in [1.807, 2.05) is 0 Å². The minimum Gasteiger partial charge on any atom is -0.456 e. The largest absolute Gasteiger partial charge is 0.456 e. The first-order valence-electron chi connectivity index (χ1n) is 16.0. The second kappa shape index (κ2) is 8.62. The van der Waals surface area contributed by atoms with Crippen molar-refractivity contribution in [2.45, 2.75) is 5.41 Å². The van der Waals surface area contributed by atoms with Crippen molar-refractivity contribution in [2.75, 3.05) is 0 Å². The van der Waals surface area contributed by atoms with Gasteiger partial charge in [-0.15, -0.1) is 0 Å². The summed E-state index contributed by atoms with van der Waals surface area (Å²) >= 11 is 0. The van der Waals surface area contributed by atoms with Gasteiger partial charge in [-0.05, 0) is 102 Å². The van der Waals surface area contributed by atoms with Crippen LogP contribution in [0.25, 0.3) is 66.1 Å². The SMILES string of the molecule is c1ccc2c(c1)-c1cc(-c3ccc4c(c3)-c3cccc5cccc(c35)O4)ccc1C21c2ccccc2-c2c1ccc1ccccc21. The Kier molecular flexibility index (Phi) is 4.57. The first-order valence-corrected chi connectivity index (χ1v) is 16.0. The van der Waals surface area contributed by atoms with Gasteiger partial charge < -0.3 is 4.74 Å². The Bertz CT molecular complexity index is 2620. The third-order valence-corrected chi connectivity index (χ3v) is 10.7. The van der Waals surface area contributed by atoms with E-state index >= 15 is 0 Å². The topological polar surface area (TPSA) is 9.23 Å². The summed E-state index contributed by atoms with van der Waals surface area (Å²) in [5, 5.41) is 4.99. The molecule has 0 aromatic heterocycles. The van der Waals surface area contributed by atoms with Crippen LogP contribution < -0.4 is 4.74 Å². The minimum absolute atomic E-state index is 0.358. The van der Waals surface area contributed by atoms with Crippen LogP contribution in [0.15, 0.2) is 158 Å². The molecule has 0 amide bonds. The highest BCUT2D eigenvalue weighted by atomic mass is 16.5. The van der Waals surface area contributed by atoms with E-state index < -0.39 is 0 Å². The van der Waals surface area contributed by atoms with Crippen LogP contribution in [0.2, 0.25) is 0 Å². The van der Waals surface area contributed by atoms with E-state index in [0.29, 0.717) is 0 Å². The molecular formula is C45H26O. The van der Waals surface area contributed by atoms with Crippen LogP contribution in [-0.2, 0) is 5.41 Å². The van der Waals surface area contributed by atoms with Crippen molar-refractivity contribution in [1.82, 2.24) is 0 Å². The summed E-state index contributed by atoms with van der Waals surface area (Å²) in [7, 11) is 0. The number of fused-ring (bicyclic) bond motifs is 14. The maximum absolute atomic E-state index is 6.42. The van der Waals surface area contributed by atoms with Gasteiger partial charge in [0.25, 0.3) is 0 Å². The van der Waals surface area contributed by atoms with E-state index in [1.165, 1.54) is 82.7 Å². The summed E-state index contributed by atoms with van der Waals surface area (Å²) in [6, 6.07) is 58.3. The van der Waals surface area contributed by atoms with Crippen molar-refractivity contribution in [1.29, 1.82) is 0 Å². The van der Waals surface area contributed by atoms with Crippen LogP contribution in [0, 0.1) is 0 Å². The maximum Gasteiger partial charge on any atom is 0.135 e. The molecule has 1 aliphatic heterocycles. The number of rotatable bonds is 1. The lowest BCUT2D eigenvalue weighted by Gasteiger charge is -2.30. The molecule has 0 radical (unpaired) electrons. The molecule has 46 heavy (non-hydrogen) atoms. The summed E-state index contributed by atoms with van der Waals surface area (Å²) in [5.74, 6) is 1.84. The Morgan fingerprint density at radius 2 is 1.00 bits per heavy atom. The van der Waals surface area contributed by atoms with Gasteiger partial charge >= 0.3 is 0 Å². The fourth-order valence-electron chi connectivity index (χ4n) is 8.84. The van der Waals surface area contributed by atoms with Gasteiger partial charge in [-0.1, -0.05) is 133 Å². The standard InChI is InChI=1S/C45H26O/c1-2-12-31-27(9-1)19-23-40-44(31)34-14-4-6-17-38(34)45(40)37-16-5-3-13-32(37)35-25-29(20-22-39(35)45)30-21-24-41-36(26-30)33-15-7-10-28-11-8-18-42(46-41)43(28)33/h1-26H. The average molecular weight is 583 g/mol. The highest BCUT2D eigenvalue weighted by molar-refractivity contribution is 6.07. The minimum atomic E-state index is -0.358. The maximum atomic E-state index is 6.42. The van der Waals surface area contributed by atoms with E-state index in [9.17, 15) is 0 Å². The molecule has 0 saturated heterocycles. The van der Waals surface area contributed by atoms with Crippen LogP contribution in [0.5, 0.6) is 11.5 Å². The third-order valence-electron chi connectivity index (χ3n) is 10.7. The fourth-order valence-corrected chi connectivity index (χ4v) is 8.84. The first-order chi connectivity index (χ1) is 22.8. The van der Waals surface area contributed by atoms with Crippen LogP contribution in [0.3, 0.4) is 0 Å². The molecule has 3 aliphatic rings. The summed E-state index contributed by atoms with van der Waals surface area (Å²) in [6.07, 6.45) is 0. The fraction of sp³-hybridized carbons (Fsp3) is 0.0222. The van der Waals surface area contributed by atoms with Crippen LogP contribution in [0.1, 0.15) is 22.3 Å². The van der Waals surface area contributed by atoms with E-state index in [4.69, 9.17) is 4.74 Å². The first kappa shape index (κ1) is 24.4. The molecule has 8 aromatic rings. The van der Waals surface area contributed by atoms with Crippen LogP contribution in [0.4, 0.5) is 0 Å². The monoisotopic (exact) mass is 582 g/mol. The molecule has 2 aliphatic carbocycles. The van der Waals surface area contributed by atoms with E-state index in [-0.39, 0.29) is 5.41 Å². The van der Waals surface area contributed by atoms with Crippen molar-refractivity contribution in [2.24, 2.45) is 0 Å². The van der Waals surface area contributed by atoms with Gasteiger partial charge in [0.05, 0.1) is 5.41 Å². The number of hydrogen-bond donors (Lipinski definition) is 0. The van der Waals surface area contributed by atoms with Crippen molar-refractivity contribution in [3.05, 3.63) is 180 Å². The van der Waals surface area contributed by atoms with Gasteiger partial charge in [0.15, 0.2) is 0 Å². The summed E-state index contributed by atoms with van der Waals surface area (Å²) in [4.78, 5) is 0. The Labute approximate surface area is 267 Å². The molecule has 1 atom stereocenters. The average Bonchev–Trinajstić information content (AvgIpc) is 3.59. The van der Waals surface area contributed by atoms with E-state index in [1.54, 1.807) is 0 Å². The lowest BCUT2D eigenvalue weighted by molar-refractivity contribution is 0.487. The lowest BCUT2D eigenvalue weighted by atomic mass is 9.70. The van der Waals surface area contributed by atoms with Crippen molar-refractivity contribution >= 4 is 21.5 Å². The summed E-state index contributed by atoms with van der Waals surface area (Å²) < 4.78 is 6.42. The predicted octanol–water partition coefficient (Wildman–Crippen LogP) is 11.8. The second-order valence-electron chi connectivity index (χ2n) is 12.8. The molecule has 1 heteroatoms. The zero-order valence-corrected chi connectivity index (χ0v) is 24.9. The molecule has 1 nitrogen and oxygen atoms in total. The number of benzene rings is 8. The molecular weight excluding hydrogens is 556 g/mol. The third kappa shape index (κ3) is 2.91. The van der Waals surface area contributed by atoms with Gasteiger partial charge in [-0.3, -0.25) is 0 Å². The van der Waals surface area contributed by atoms with Gasteiger partial charge in [-0.25, -0.2) is 0 Å². The van der Waals surface area contributed by atoms with Gasteiger partial charge in [0.1, 0.15) is 11.5 Å². The Morgan fingerprint density at radius 3 is 1.89 bits per heavy atom. The van der Waals surface area contributed by atoms with Crippen LogP contribution in [-0.4, -0.2) is 0 Å². The zero-order chi connectivity index (χ0) is 30.0. The molecule has 8 aromatic carbocycles. The quantitative estimate of drug-likeness (QED) is 0.187. The Hall–Kier alpha value is -5.92. The van der Waals surface area contributed by atoms with E-state index in [2.05, 4.69) is 158 Å². The second-order valence-corrected chi connectivity index (χ2v) is 12.8. The smallest absolute Gasteiger partial charge is 0.135 e. The summed E-state index contributed by atoms with van der Waals surface area (Å²) in [6.45, 7) is 0. The van der Waals surface area contributed by atoms with Gasteiger partial charge in [0.2, 0.25) is 0 Å². The highest BCUT2D eigenvalue weighted by Crippen LogP contribution is 2.64. The number of ether oxygens (including phenoxy) is 1. The van der Waals surface area contributed by atoms with E-state index in [0.717, 1.165) is 17.1 Å². The molecule has 0 N–H and O–H groups in total. The molecule has 0 bridgehead atoms. The Balaban J connectivity index is 1.16. The Morgan fingerprint density at radius 1 is 0.370 bits per heavy atom. The van der Waals surface area contributed by atoms with Crippen LogP contribution >= 0.6 is 0 Å². The molecule has 1 spiro atoms. The highest BCUT2D eigenvalue weighted by Gasteiger charge is 2.51. The zero-order valence-electron chi connectivity index (χ0n) is 24.9. The molecule has 11 rings (SSSR count).